The van der Waals surface area contributed by atoms with Crippen molar-refractivity contribution in [2.75, 3.05) is 5.73 Å². The lowest BCUT2D eigenvalue weighted by molar-refractivity contribution is 1.02. The van der Waals surface area contributed by atoms with Gasteiger partial charge >= 0.3 is 0 Å². The molecule has 0 bridgehead atoms. The minimum Gasteiger partial charge on any atom is -0.374 e. The van der Waals surface area contributed by atoms with Crippen molar-refractivity contribution in [3.05, 3.63) is 35.5 Å². The fraction of sp³-hybridized carbons (Fsp3) is 0.154. The first kappa shape index (κ1) is 12.4. The quantitative estimate of drug-likeness (QED) is 0.782. The third-order valence-corrected chi connectivity index (χ3v) is 4.61. The predicted molar refractivity (Wildman–Crippen MR) is 79.7 cm³/mol. The van der Waals surface area contributed by atoms with E-state index in [0.29, 0.717) is 5.13 Å². The van der Waals surface area contributed by atoms with E-state index in [2.05, 4.69) is 40.3 Å². The Morgan fingerprint density at radius 2 is 2.05 bits per heavy atom. The molecular formula is C13H12N4S2. The van der Waals surface area contributed by atoms with Crippen LogP contribution in [-0.2, 0) is 0 Å². The highest BCUT2D eigenvalue weighted by Gasteiger charge is 2.10. The van der Waals surface area contributed by atoms with Crippen LogP contribution in [0.1, 0.15) is 11.3 Å². The molecule has 19 heavy (non-hydrogen) atoms. The Hall–Kier alpha value is -1.66. The summed E-state index contributed by atoms with van der Waals surface area (Å²) in [5.74, 6) is 0. The Kier molecular flexibility index (Phi) is 3.12. The van der Waals surface area contributed by atoms with Crippen LogP contribution < -0.4 is 5.73 Å². The second kappa shape index (κ2) is 4.79. The van der Waals surface area contributed by atoms with Crippen molar-refractivity contribution in [3.63, 3.8) is 0 Å². The van der Waals surface area contributed by atoms with Gasteiger partial charge in [-0.05, 0) is 25.5 Å². The lowest BCUT2D eigenvalue weighted by atomic mass is 10.1. The average molecular weight is 288 g/mol. The summed E-state index contributed by atoms with van der Waals surface area (Å²) in [7, 11) is 0. The van der Waals surface area contributed by atoms with Crippen molar-refractivity contribution in [1.82, 2.24) is 15.2 Å². The van der Waals surface area contributed by atoms with Gasteiger partial charge in [-0.2, -0.15) is 0 Å². The topological polar surface area (TPSA) is 64.7 Å². The highest BCUT2D eigenvalue weighted by Crippen LogP contribution is 2.36. The summed E-state index contributed by atoms with van der Waals surface area (Å²) in [4.78, 5) is 5.75. The first-order chi connectivity index (χ1) is 9.13. The van der Waals surface area contributed by atoms with Gasteiger partial charge in [-0.25, -0.2) is 0 Å². The zero-order chi connectivity index (χ0) is 13.4. The number of rotatable bonds is 2. The maximum absolute atomic E-state index is 5.62. The summed E-state index contributed by atoms with van der Waals surface area (Å²) < 4.78 is 0.853. The number of aryl methyl sites for hydroxylation is 2. The second-order valence-corrected chi connectivity index (χ2v) is 6.54. The summed E-state index contributed by atoms with van der Waals surface area (Å²) in [6.45, 7) is 4.08. The van der Waals surface area contributed by atoms with Crippen LogP contribution in [0.5, 0.6) is 0 Å². The first-order valence-electron chi connectivity index (χ1n) is 5.77. The standard InChI is InChI=1S/C13H12N4S2/c1-7-4-3-5-9-10(6-8(2)15-11(7)9)18-13-17-16-12(14)19-13/h3-6H,1-2H3,(H2,14,16). The molecule has 0 spiro atoms. The number of fused-ring (bicyclic) bond motifs is 1. The molecule has 0 amide bonds. The molecule has 0 saturated carbocycles. The molecule has 2 N–H and O–H groups in total. The number of nitrogen functional groups attached to an aromatic ring is 1. The minimum absolute atomic E-state index is 0.494. The molecule has 1 aromatic carbocycles. The van der Waals surface area contributed by atoms with E-state index in [9.17, 15) is 0 Å². The molecule has 3 aromatic rings. The van der Waals surface area contributed by atoms with Crippen molar-refractivity contribution in [2.24, 2.45) is 0 Å². The van der Waals surface area contributed by atoms with E-state index in [1.54, 1.807) is 11.8 Å². The largest absolute Gasteiger partial charge is 0.374 e. The van der Waals surface area contributed by atoms with Gasteiger partial charge in [-0.15, -0.1) is 10.2 Å². The maximum Gasteiger partial charge on any atom is 0.203 e. The number of benzene rings is 1. The van der Waals surface area contributed by atoms with Crippen molar-refractivity contribution in [1.29, 1.82) is 0 Å². The summed E-state index contributed by atoms with van der Waals surface area (Å²) in [6.07, 6.45) is 0. The van der Waals surface area contributed by atoms with Gasteiger partial charge in [0.05, 0.1) is 5.52 Å². The molecule has 2 heterocycles. The molecule has 0 aliphatic rings. The van der Waals surface area contributed by atoms with Gasteiger partial charge in [0, 0.05) is 16.0 Å². The van der Waals surface area contributed by atoms with Crippen molar-refractivity contribution in [2.45, 2.75) is 23.1 Å². The molecule has 96 valence electrons. The first-order valence-corrected chi connectivity index (χ1v) is 7.40. The van der Waals surface area contributed by atoms with Crippen LogP contribution in [-0.4, -0.2) is 15.2 Å². The Balaban J connectivity index is 2.15. The van der Waals surface area contributed by atoms with Crippen LogP contribution in [0, 0.1) is 13.8 Å². The lowest BCUT2D eigenvalue weighted by Crippen LogP contribution is -1.89. The molecule has 0 aliphatic carbocycles. The van der Waals surface area contributed by atoms with Crippen molar-refractivity contribution in [3.8, 4) is 0 Å². The fourth-order valence-electron chi connectivity index (χ4n) is 1.92. The molecule has 6 heteroatoms. The maximum atomic E-state index is 5.62. The zero-order valence-electron chi connectivity index (χ0n) is 10.5. The predicted octanol–water partition coefficient (Wildman–Crippen LogP) is 3.44. The van der Waals surface area contributed by atoms with Crippen LogP contribution in [0.25, 0.3) is 10.9 Å². The van der Waals surface area contributed by atoms with Crippen LogP contribution in [0.15, 0.2) is 33.5 Å². The van der Waals surface area contributed by atoms with Gasteiger partial charge in [-0.1, -0.05) is 41.3 Å². The van der Waals surface area contributed by atoms with E-state index in [0.717, 1.165) is 25.8 Å². The van der Waals surface area contributed by atoms with Gasteiger partial charge in [0.2, 0.25) is 5.13 Å². The van der Waals surface area contributed by atoms with Crippen LogP contribution >= 0.6 is 23.1 Å². The third kappa shape index (κ3) is 2.41. The Morgan fingerprint density at radius 1 is 1.21 bits per heavy atom. The summed E-state index contributed by atoms with van der Waals surface area (Å²) in [6, 6.07) is 8.28. The summed E-state index contributed by atoms with van der Waals surface area (Å²) in [5.41, 5.74) is 8.84. The van der Waals surface area contributed by atoms with Crippen molar-refractivity contribution < 1.29 is 0 Å². The van der Waals surface area contributed by atoms with Crippen molar-refractivity contribution >= 4 is 39.1 Å². The zero-order valence-corrected chi connectivity index (χ0v) is 12.2. The van der Waals surface area contributed by atoms with Gasteiger partial charge < -0.3 is 5.73 Å². The molecule has 0 aliphatic heterocycles. The molecule has 0 atom stereocenters. The van der Waals surface area contributed by atoms with E-state index in [1.165, 1.54) is 16.9 Å². The number of pyridine rings is 1. The van der Waals surface area contributed by atoms with Gasteiger partial charge in [0.15, 0.2) is 4.34 Å². The second-order valence-electron chi connectivity index (χ2n) is 4.24. The minimum atomic E-state index is 0.494. The fourth-order valence-corrected chi connectivity index (χ4v) is 3.73. The number of aromatic nitrogens is 3. The Labute approximate surface area is 119 Å². The normalized spacial score (nSPS) is 11.1. The van der Waals surface area contributed by atoms with E-state index in [4.69, 9.17) is 5.73 Å². The lowest BCUT2D eigenvalue weighted by Gasteiger charge is -2.07. The Morgan fingerprint density at radius 3 is 2.79 bits per heavy atom. The summed E-state index contributed by atoms with van der Waals surface area (Å²) >= 11 is 2.98. The monoisotopic (exact) mass is 288 g/mol. The van der Waals surface area contributed by atoms with Gasteiger partial charge in [-0.3, -0.25) is 4.98 Å². The van der Waals surface area contributed by atoms with E-state index < -0.39 is 0 Å². The number of hydrogen-bond acceptors (Lipinski definition) is 6. The number of hydrogen-bond donors (Lipinski definition) is 1. The molecular weight excluding hydrogens is 276 g/mol. The molecule has 3 rings (SSSR count). The third-order valence-electron chi connectivity index (χ3n) is 2.75. The molecule has 0 radical (unpaired) electrons. The molecule has 2 aromatic heterocycles. The number of nitrogens with two attached hydrogens (primary N) is 1. The van der Waals surface area contributed by atoms with Gasteiger partial charge in [0.1, 0.15) is 0 Å². The molecule has 0 unspecified atom stereocenters. The van der Waals surface area contributed by atoms with E-state index >= 15 is 0 Å². The van der Waals surface area contributed by atoms with E-state index in [1.807, 2.05) is 13.0 Å². The highest BCUT2D eigenvalue weighted by atomic mass is 32.2. The molecule has 0 fully saturated rings. The molecule has 4 nitrogen and oxygen atoms in total. The van der Waals surface area contributed by atoms with E-state index in [-0.39, 0.29) is 0 Å². The van der Waals surface area contributed by atoms with Gasteiger partial charge in [0.25, 0.3) is 0 Å². The molecule has 0 saturated heterocycles. The highest BCUT2D eigenvalue weighted by molar-refractivity contribution is 8.01. The number of nitrogens with zero attached hydrogens (tertiary/aromatic N) is 3. The van der Waals surface area contributed by atoms with Crippen LogP contribution in [0.3, 0.4) is 0 Å². The smallest absolute Gasteiger partial charge is 0.203 e. The summed E-state index contributed by atoms with van der Waals surface area (Å²) in [5, 5.41) is 9.54. The SMILES string of the molecule is Cc1cc(Sc2nnc(N)s2)c2cccc(C)c2n1. The average Bonchev–Trinajstić information content (AvgIpc) is 2.76. The number of para-hydroxylation sites is 1. The Bertz CT molecular complexity index is 751. The van der Waals surface area contributed by atoms with Crippen LogP contribution in [0.4, 0.5) is 5.13 Å². The number of anilines is 1. The van der Waals surface area contributed by atoms with Crippen LogP contribution in [0.2, 0.25) is 0 Å².